The van der Waals surface area contributed by atoms with Crippen molar-refractivity contribution >= 4 is 17.5 Å². The van der Waals surface area contributed by atoms with Crippen molar-refractivity contribution in [2.45, 2.75) is 13.8 Å². The molecule has 0 aliphatic rings. The highest BCUT2D eigenvalue weighted by Crippen LogP contribution is 2.31. The van der Waals surface area contributed by atoms with E-state index in [4.69, 9.17) is 18.9 Å². The van der Waals surface area contributed by atoms with Gasteiger partial charge in [0.05, 0.1) is 26.9 Å². The number of nitrogens with zero attached hydrogens (tertiary/aromatic N) is 1. The van der Waals surface area contributed by atoms with Gasteiger partial charge >= 0.3 is 0 Å². The van der Waals surface area contributed by atoms with Gasteiger partial charge in [-0.25, -0.2) is 0 Å². The molecule has 0 spiro atoms. The molecule has 2 amide bonds. The number of anilines is 1. The summed E-state index contributed by atoms with van der Waals surface area (Å²) in [4.78, 5) is 26.6. The highest BCUT2D eigenvalue weighted by Gasteiger charge is 2.18. The van der Waals surface area contributed by atoms with Crippen LogP contribution in [-0.2, 0) is 4.79 Å². The molecule has 0 fully saturated rings. The van der Waals surface area contributed by atoms with E-state index in [0.29, 0.717) is 54.1 Å². The summed E-state index contributed by atoms with van der Waals surface area (Å²) in [7, 11) is 3.05. The number of rotatable bonds is 12. The van der Waals surface area contributed by atoms with E-state index < -0.39 is 0 Å². The first-order valence-corrected chi connectivity index (χ1v) is 10.3. The standard InChI is InChI=1S/C24H30N2O6/c1-6-13-32-19-11-9-17(14-21(19)29-5)24(28)26(4)16-23(27)25-18-10-12-20(30-7-2)22(15-18)31-8-3/h6,9-12,14-15H,1,7-8,13,16H2,2-5H3,(H,25,27). The van der Waals surface area contributed by atoms with Crippen molar-refractivity contribution in [3.8, 4) is 23.0 Å². The van der Waals surface area contributed by atoms with Gasteiger partial charge < -0.3 is 29.2 Å². The fourth-order valence-electron chi connectivity index (χ4n) is 2.91. The second-order valence-corrected chi connectivity index (χ2v) is 6.70. The van der Waals surface area contributed by atoms with Crippen LogP contribution < -0.4 is 24.3 Å². The molecule has 0 heterocycles. The molecule has 0 atom stereocenters. The lowest BCUT2D eigenvalue weighted by atomic mass is 10.1. The minimum absolute atomic E-state index is 0.132. The van der Waals surface area contributed by atoms with Crippen LogP contribution in [0.15, 0.2) is 49.1 Å². The number of likely N-dealkylation sites (N-methyl/N-ethyl adjacent to an activating group) is 1. The zero-order valence-electron chi connectivity index (χ0n) is 19.0. The van der Waals surface area contributed by atoms with Crippen molar-refractivity contribution < 1.29 is 28.5 Å². The van der Waals surface area contributed by atoms with Crippen LogP contribution in [0.2, 0.25) is 0 Å². The lowest BCUT2D eigenvalue weighted by Crippen LogP contribution is -2.34. The minimum atomic E-state index is -0.342. The van der Waals surface area contributed by atoms with Gasteiger partial charge in [0.25, 0.3) is 5.91 Å². The molecule has 2 aromatic rings. The molecule has 1 N–H and O–H groups in total. The first-order chi connectivity index (χ1) is 15.4. The summed E-state index contributed by atoms with van der Waals surface area (Å²) in [6, 6.07) is 10.0. The molecule has 8 heteroatoms. The topological polar surface area (TPSA) is 86.3 Å². The summed E-state index contributed by atoms with van der Waals surface area (Å²) >= 11 is 0. The van der Waals surface area contributed by atoms with Crippen molar-refractivity contribution in [2.24, 2.45) is 0 Å². The molecule has 2 aromatic carbocycles. The van der Waals surface area contributed by atoms with Gasteiger partial charge in [-0.2, -0.15) is 0 Å². The fraction of sp³-hybridized carbons (Fsp3) is 0.333. The van der Waals surface area contributed by atoms with Crippen LogP contribution in [0, 0.1) is 0 Å². The van der Waals surface area contributed by atoms with Gasteiger partial charge in [-0.1, -0.05) is 12.7 Å². The van der Waals surface area contributed by atoms with E-state index in [2.05, 4.69) is 11.9 Å². The highest BCUT2D eigenvalue weighted by molar-refractivity contribution is 5.99. The molecule has 8 nitrogen and oxygen atoms in total. The van der Waals surface area contributed by atoms with Gasteiger partial charge in [-0.3, -0.25) is 9.59 Å². The third-order valence-corrected chi connectivity index (χ3v) is 4.32. The van der Waals surface area contributed by atoms with Crippen molar-refractivity contribution in [3.05, 3.63) is 54.6 Å². The largest absolute Gasteiger partial charge is 0.493 e. The molecule has 172 valence electrons. The molecular formula is C24H30N2O6. The number of hydrogen-bond acceptors (Lipinski definition) is 6. The summed E-state index contributed by atoms with van der Waals surface area (Å²) in [5.74, 6) is 1.41. The van der Waals surface area contributed by atoms with Crippen LogP contribution in [-0.4, -0.2) is 57.2 Å². The van der Waals surface area contributed by atoms with E-state index in [9.17, 15) is 9.59 Å². The van der Waals surface area contributed by atoms with Crippen molar-refractivity contribution in [1.82, 2.24) is 4.90 Å². The number of amides is 2. The van der Waals surface area contributed by atoms with Gasteiger partial charge in [0.1, 0.15) is 6.61 Å². The van der Waals surface area contributed by atoms with Crippen LogP contribution >= 0.6 is 0 Å². The summed E-state index contributed by atoms with van der Waals surface area (Å²) in [6.45, 7) is 8.52. The Morgan fingerprint density at radius 1 is 0.969 bits per heavy atom. The summed E-state index contributed by atoms with van der Waals surface area (Å²) in [5, 5.41) is 2.78. The van der Waals surface area contributed by atoms with Crippen LogP contribution in [0.25, 0.3) is 0 Å². The number of nitrogens with one attached hydrogen (secondary N) is 1. The minimum Gasteiger partial charge on any atom is -0.493 e. The molecule has 0 aliphatic carbocycles. The molecule has 32 heavy (non-hydrogen) atoms. The third-order valence-electron chi connectivity index (χ3n) is 4.32. The lowest BCUT2D eigenvalue weighted by Gasteiger charge is -2.18. The molecule has 0 radical (unpaired) electrons. The zero-order valence-corrected chi connectivity index (χ0v) is 19.0. The second kappa shape index (κ2) is 12.2. The average Bonchev–Trinajstić information content (AvgIpc) is 2.78. The van der Waals surface area contributed by atoms with Gasteiger partial charge in [-0.05, 0) is 44.2 Å². The Hall–Kier alpha value is -3.68. The Kier molecular flexibility index (Phi) is 9.41. The quantitative estimate of drug-likeness (QED) is 0.504. The van der Waals surface area contributed by atoms with E-state index in [0.717, 1.165) is 0 Å². The van der Waals surface area contributed by atoms with E-state index in [1.807, 2.05) is 13.8 Å². The number of benzene rings is 2. The fourth-order valence-corrected chi connectivity index (χ4v) is 2.91. The van der Waals surface area contributed by atoms with E-state index in [1.165, 1.54) is 12.0 Å². The van der Waals surface area contributed by atoms with Crippen LogP contribution in [0.4, 0.5) is 5.69 Å². The SMILES string of the molecule is C=CCOc1ccc(C(=O)N(C)CC(=O)Nc2ccc(OCC)c(OCC)c2)cc1OC. The molecule has 0 aliphatic heterocycles. The van der Waals surface area contributed by atoms with Gasteiger partial charge in [0.15, 0.2) is 23.0 Å². The van der Waals surface area contributed by atoms with E-state index >= 15 is 0 Å². The van der Waals surface area contributed by atoms with Gasteiger partial charge in [0.2, 0.25) is 5.91 Å². The molecule has 0 bridgehead atoms. The summed E-state index contributed by atoms with van der Waals surface area (Å²) in [5.41, 5.74) is 0.927. The van der Waals surface area contributed by atoms with E-state index in [1.54, 1.807) is 49.5 Å². The van der Waals surface area contributed by atoms with Crippen molar-refractivity contribution in [1.29, 1.82) is 0 Å². The average molecular weight is 443 g/mol. The Morgan fingerprint density at radius 3 is 2.28 bits per heavy atom. The number of hydrogen-bond donors (Lipinski definition) is 1. The Morgan fingerprint density at radius 2 is 1.62 bits per heavy atom. The Bertz CT molecular complexity index is 944. The number of ether oxygens (including phenoxy) is 4. The molecule has 2 rings (SSSR count). The van der Waals surface area contributed by atoms with Crippen LogP contribution in [0.5, 0.6) is 23.0 Å². The molecule has 0 aromatic heterocycles. The Balaban J connectivity index is 2.05. The van der Waals surface area contributed by atoms with Crippen molar-refractivity contribution in [2.75, 3.05) is 45.8 Å². The molecule has 0 saturated heterocycles. The van der Waals surface area contributed by atoms with Gasteiger partial charge in [0, 0.05) is 24.4 Å². The molecular weight excluding hydrogens is 412 g/mol. The number of methoxy groups -OCH3 is 1. The summed E-state index contributed by atoms with van der Waals surface area (Å²) < 4.78 is 21.9. The maximum Gasteiger partial charge on any atom is 0.254 e. The molecule has 0 saturated carbocycles. The summed E-state index contributed by atoms with van der Waals surface area (Å²) in [6.07, 6.45) is 1.62. The molecule has 0 unspecified atom stereocenters. The van der Waals surface area contributed by atoms with Gasteiger partial charge in [-0.15, -0.1) is 0 Å². The number of carbonyl (C=O) groups excluding carboxylic acids is 2. The monoisotopic (exact) mass is 442 g/mol. The van der Waals surface area contributed by atoms with Crippen LogP contribution in [0.1, 0.15) is 24.2 Å². The lowest BCUT2D eigenvalue weighted by molar-refractivity contribution is -0.116. The third kappa shape index (κ3) is 6.66. The predicted octanol–water partition coefficient (Wildman–Crippen LogP) is 3.77. The second-order valence-electron chi connectivity index (χ2n) is 6.70. The van der Waals surface area contributed by atoms with Crippen LogP contribution in [0.3, 0.4) is 0 Å². The highest BCUT2D eigenvalue weighted by atomic mass is 16.5. The van der Waals surface area contributed by atoms with Crippen molar-refractivity contribution in [3.63, 3.8) is 0 Å². The maximum absolute atomic E-state index is 12.8. The normalized spacial score (nSPS) is 10.1. The first-order valence-electron chi connectivity index (χ1n) is 10.3. The first kappa shape index (κ1) is 24.6. The smallest absolute Gasteiger partial charge is 0.254 e. The number of carbonyl (C=O) groups is 2. The van der Waals surface area contributed by atoms with E-state index in [-0.39, 0.29) is 18.4 Å². The predicted molar refractivity (Wildman–Crippen MR) is 123 cm³/mol. The zero-order chi connectivity index (χ0) is 23.5. The maximum atomic E-state index is 12.8. The Labute approximate surface area is 188 Å².